The first-order chi connectivity index (χ1) is 17.0. The summed E-state index contributed by atoms with van der Waals surface area (Å²) in [4.78, 5) is 19.4. The van der Waals surface area contributed by atoms with E-state index in [0.29, 0.717) is 16.8 Å². The summed E-state index contributed by atoms with van der Waals surface area (Å²) >= 11 is 0. The van der Waals surface area contributed by atoms with Crippen LogP contribution in [0.3, 0.4) is 0 Å². The standard InChI is InChI=1S/C28H27N5O2/c29-15-23-25(20-4-2-1-3-5-20)31-27(32-26(23)35)33-30-16-21-11-22(6-7-24(21)34)28-12-17-8-18(13-28)10-19(9-17)14-28/h1-7,11,16-19,34H,8-10,12-14H2,(H2,31,32,33,35). The predicted molar refractivity (Wildman–Crippen MR) is 134 cm³/mol. The summed E-state index contributed by atoms with van der Waals surface area (Å²) in [7, 11) is 0. The Hall–Kier alpha value is -3.92. The number of nitriles is 1. The minimum atomic E-state index is -0.536. The molecule has 4 aliphatic carbocycles. The molecule has 7 rings (SSSR count). The molecule has 0 saturated heterocycles. The largest absolute Gasteiger partial charge is 0.507 e. The highest BCUT2D eigenvalue weighted by atomic mass is 16.3. The molecule has 0 unspecified atom stereocenters. The predicted octanol–water partition coefficient (Wildman–Crippen LogP) is 4.93. The smallest absolute Gasteiger partial charge is 0.270 e. The molecule has 0 atom stereocenters. The lowest BCUT2D eigenvalue weighted by atomic mass is 9.48. The van der Waals surface area contributed by atoms with Crippen molar-refractivity contribution in [2.24, 2.45) is 22.9 Å². The van der Waals surface area contributed by atoms with Crippen molar-refractivity contribution in [3.8, 4) is 23.1 Å². The second kappa shape index (κ2) is 8.38. The molecule has 1 aromatic heterocycles. The maximum Gasteiger partial charge on any atom is 0.270 e. The van der Waals surface area contributed by atoms with Gasteiger partial charge in [-0.3, -0.25) is 9.78 Å². The molecule has 4 fully saturated rings. The summed E-state index contributed by atoms with van der Waals surface area (Å²) in [6, 6.07) is 16.9. The van der Waals surface area contributed by atoms with Crippen molar-refractivity contribution in [3.63, 3.8) is 0 Å². The number of nitrogens with zero attached hydrogens (tertiary/aromatic N) is 3. The molecule has 4 saturated carbocycles. The van der Waals surface area contributed by atoms with Gasteiger partial charge in [0, 0.05) is 11.1 Å². The van der Waals surface area contributed by atoms with Crippen LogP contribution in [0.5, 0.6) is 5.75 Å². The van der Waals surface area contributed by atoms with Gasteiger partial charge < -0.3 is 5.11 Å². The van der Waals surface area contributed by atoms with Crippen LogP contribution in [0.1, 0.15) is 55.2 Å². The Morgan fingerprint density at radius 1 is 1.09 bits per heavy atom. The number of phenols is 1. The van der Waals surface area contributed by atoms with Gasteiger partial charge >= 0.3 is 0 Å². The molecule has 176 valence electrons. The fourth-order valence-corrected chi connectivity index (χ4v) is 7.05. The number of nitrogens with one attached hydrogen (secondary N) is 2. The minimum absolute atomic E-state index is 0.0494. The van der Waals surface area contributed by atoms with Gasteiger partial charge in [0.1, 0.15) is 17.4 Å². The van der Waals surface area contributed by atoms with Crippen LogP contribution in [-0.4, -0.2) is 21.3 Å². The fourth-order valence-electron chi connectivity index (χ4n) is 7.05. The quantitative estimate of drug-likeness (QED) is 0.365. The molecule has 0 radical (unpaired) electrons. The van der Waals surface area contributed by atoms with Crippen molar-refractivity contribution in [3.05, 3.63) is 75.6 Å². The highest BCUT2D eigenvalue weighted by Gasteiger charge is 2.51. The lowest BCUT2D eigenvalue weighted by Gasteiger charge is -2.57. The molecule has 7 nitrogen and oxygen atoms in total. The third-order valence-electron chi connectivity index (χ3n) is 8.13. The van der Waals surface area contributed by atoms with E-state index in [9.17, 15) is 15.2 Å². The molecule has 0 spiro atoms. The Labute approximate surface area is 203 Å². The topological polar surface area (TPSA) is 114 Å². The van der Waals surface area contributed by atoms with E-state index in [0.717, 1.165) is 17.8 Å². The van der Waals surface area contributed by atoms with E-state index < -0.39 is 5.56 Å². The number of phenolic OH excluding ortho intramolecular Hbond substituents is 1. The van der Waals surface area contributed by atoms with E-state index in [-0.39, 0.29) is 22.7 Å². The molecule has 4 bridgehead atoms. The van der Waals surface area contributed by atoms with Crippen molar-refractivity contribution >= 4 is 12.2 Å². The highest BCUT2D eigenvalue weighted by molar-refractivity contribution is 5.84. The number of aromatic amines is 1. The van der Waals surface area contributed by atoms with Gasteiger partial charge in [-0.05, 0) is 79.4 Å². The number of hydrazone groups is 1. The van der Waals surface area contributed by atoms with Crippen LogP contribution in [0.25, 0.3) is 11.3 Å². The number of hydrogen-bond donors (Lipinski definition) is 3. The summed E-state index contributed by atoms with van der Waals surface area (Å²) in [5, 5.41) is 24.2. The van der Waals surface area contributed by atoms with Gasteiger partial charge in [-0.2, -0.15) is 10.4 Å². The first kappa shape index (κ1) is 21.6. The van der Waals surface area contributed by atoms with Gasteiger partial charge in [0.05, 0.1) is 11.9 Å². The van der Waals surface area contributed by atoms with Crippen molar-refractivity contribution in [2.75, 3.05) is 5.43 Å². The van der Waals surface area contributed by atoms with E-state index >= 15 is 0 Å². The second-order valence-corrected chi connectivity index (χ2v) is 10.5. The summed E-state index contributed by atoms with van der Waals surface area (Å²) in [5.74, 6) is 2.81. The highest BCUT2D eigenvalue weighted by Crippen LogP contribution is 2.60. The first-order valence-electron chi connectivity index (χ1n) is 12.3. The molecular formula is C28H27N5O2. The van der Waals surface area contributed by atoms with Crippen molar-refractivity contribution in [2.45, 2.75) is 43.9 Å². The molecule has 3 aromatic rings. The lowest BCUT2D eigenvalue weighted by molar-refractivity contribution is -0.00520. The zero-order valence-electron chi connectivity index (χ0n) is 19.4. The normalized spacial score (nSPS) is 26.7. The van der Waals surface area contributed by atoms with E-state index in [1.54, 1.807) is 24.4 Å². The van der Waals surface area contributed by atoms with Crippen molar-refractivity contribution < 1.29 is 5.11 Å². The van der Waals surface area contributed by atoms with Crippen LogP contribution < -0.4 is 11.0 Å². The number of anilines is 1. The molecule has 2 aromatic carbocycles. The molecule has 0 aliphatic heterocycles. The molecule has 3 N–H and O–H groups in total. The van der Waals surface area contributed by atoms with Gasteiger partial charge in [-0.1, -0.05) is 36.4 Å². The second-order valence-electron chi connectivity index (χ2n) is 10.5. The van der Waals surface area contributed by atoms with Gasteiger partial charge in [0.15, 0.2) is 0 Å². The van der Waals surface area contributed by atoms with Crippen LogP contribution >= 0.6 is 0 Å². The third kappa shape index (κ3) is 3.89. The van der Waals surface area contributed by atoms with Crippen LogP contribution in [0.15, 0.2) is 58.4 Å². The number of aromatic hydroxyl groups is 1. The van der Waals surface area contributed by atoms with Gasteiger partial charge in [-0.25, -0.2) is 10.4 Å². The molecular weight excluding hydrogens is 438 g/mol. The molecule has 35 heavy (non-hydrogen) atoms. The monoisotopic (exact) mass is 465 g/mol. The number of rotatable bonds is 5. The van der Waals surface area contributed by atoms with Gasteiger partial charge in [0.2, 0.25) is 5.95 Å². The molecule has 7 heteroatoms. The fraction of sp³-hybridized carbons (Fsp3) is 0.357. The van der Waals surface area contributed by atoms with Crippen LogP contribution in [-0.2, 0) is 5.41 Å². The average Bonchev–Trinajstić information content (AvgIpc) is 2.84. The van der Waals surface area contributed by atoms with E-state index in [2.05, 4.69) is 32.6 Å². The summed E-state index contributed by atoms with van der Waals surface area (Å²) < 4.78 is 0. The number of aromatic nitrogens is 2. The maximum atomic E-state index is 12.5. The van der Waals surface area contributed by atoms with Crippen LogP contribution in [0.4, 0.5) is 5.95 Å². The van der Waals surface area contributed by atoms with Crippen LogP contribution in [0, 0.1) is 29.1 Å². The molecule has 4 aliphatic rings. The number of H-pyrrole nitrogens is 1. The Bertz CT molecular complexity index is 1370. The van der Waals surface area contributed by atoms with Gasteiger partial charge in [0.25, 0.3) is 5.56 Å². The van der Waals surface area contributed by atoms with E-state index in [4.69, 9.17) is 0 Å². The minimum Gasteiger partial charge on any atom is -0.507 e. The van der Waals surface area contributed by atoms with Crippen molar-refractivity contribution in [1.82, 2.24) is 9.97 Å². The first-order valence-corrected chi connectivity index (χ1v) is 12.3. The SMILES string of the molecule is N#Cc1c(-c2ccccc2)nc(NN=Cc2cc(C34CC5CC(CC(C5)C3)C4)ccc2O)[nH]c1=O. The lowest BCUT2D eigenvalue weighted by Crippen LogP contribution is -2.48. The number of benzene rings is 2. The maximum absolute atomic E-state index is 12.5. The third-order valence-corrected chi connectivity index (χ3v) is 8.13. The summed E-state index contributed by atoms with van der Waals surface area (Å²) in [6.07, 6.45) is 9.45. The Kier molecular flexibility index (Phi) is 5.18. The molecule has 1 heterocycles. The average molecular weight is 466 g/mol. The Balaban J connectivity index is 1.27. The zero-order valence-corrected chi connectivity index (χ0v) is 19.4. The number of hydrogen-bond acceptors (Lipinski definition) is 6. The summed E-state index contributed by atoms with van der Waals surface area (Å²) in [5.41, 5.74) is 5.29. The van der Waals surface area contributed by atoms with Gasteiger partial charge in [-0.15, -0.1) is 0 Å². The zero-order chi connectivity index (χ0) is 24.0. The Morgan fingerprint density at radius 2 is 1.77 bits per heavy atom. The summed E-state index contributed by atoms with van der Waals surface area (Å²) in [6.45, 7) is 0. The van der Waals surface area contributed by atoms with E-state index in [1.807, 2.05) is 24.3 Å². The van der Waals surface area contributed by atoms with Crippen LogP contribution in [0.2, 0.25) is 0 Å². The molecule has 0 amide bonds. The Morgan fingerprint density at radius 3 is 2.43 bits per heavy atom. The van der Waals surface area contributed by atoms with E-state index in [1.165, 1.54) is 44.1 Å². The van der Waals surface area contributed by atoms with Crippen molar-refractivity contribution in [1.29, 1.82) is 5.26 Å².